The zero-order valence-corrected chi connectivity index (χ0v) is 13.6. The molecule has 0 atom stereocenters. The highest BCUT2D eigenvalue weighted by Gasteiger charge is 2.14. The molecule has 126 valence electrons. The molecule has 5 heteroatoms. The van der Waals surface area contributed by atoms with E-state index in [1.807, 2.05) is 6.07 Å². The van der Waals surface area contributed by atoms with Crippen molar-refractivity contribution in [1.82, 2.24) is 4.90 Å². The molecule has 0 saturated carbocycles. The number of ketones is 1. The first-order chi connectivity index (χ1) is 11.7. The van der Waals surface area contributed by atoms with Crippen molar-refractivity contribution in [2.24, 2.45) is 0 Å². The summed E-state index contributed by atoms with van der Waals surface area (Å²) >= 11 is 0. The summed E-state index contributed by atoms with van der Waals surface area (Å²) < 4.78 is 10.8. The van der Waals surface area contributed by atoms with Gasteiger partial charge in [0.2, 0.25) is 11.2 Å². The number of Topliss-reactive ketones (excluding diaryl/α,β-unsaturated/α-hetero) is 1. The zero-order chi connectivity index (χ0) is 16.8. The molecule has 2 heterocycles. The number of carbonyl (C=O) groups excluding carboxylic acids is 1. The first-order valence-electron chi connectivity index (χ1n) is 8.27. The van der Waals surface area contributed by atoms with Gasteiger partial charge in [-0.2, -0.15) is 0 Å². The van der Waals surface area contributed by atoms with Crippen molar-refractivity contribution < 1.29 is 13.9 Å². The Morgan fingerprint density at radius 2 is 1.88 bits per heavy atom. The van der Waals surface area contributed by atoms with Crippen molar-refractivity contribution >= 4 is 5.78 Å². The molecule has 1 aliphatic rings. The van der Waals surface area contributed by atoms with Crippen molar-refractivity contribution in [3.05, 3.63) is 64.2 Å². The molecule has 1 fully saturated rings. The predicted octanol–water partition coefficient (Wildman–Crippen LogP) is 2.89. The van der Waals surface area contributed by atoms with Gasteiger partial charge in [-0.25, -0.2) is 0 Å². The number of hydrogen-bond donors (Lipinski definition) is 0. The van der Waals surface area contributed by atoms with Crippen molar-refractivity contribution in [3.8, 4) is 5.75 Å². The number of nitrogens with zero attached hydrogens (tertiary/aromatic N) is 1. The average Bonchev–Trinajstić information content (AvgIpc) is 2.62. The molecule has 5 nitrogen and oxygen atoms in total. The van der Waals surface area contributed by atoms with E-state index in [1.54, 1.807) is 24.3 Å². The SMILES string of the molecule is O=C(COc1coc(CN2CCCCC2)cc1=O)c1ccccc1. The maximum Gasteiger partial charge on any atom is 0.227 e. The second-order valence-electron chi connectivity index (χ2n) is 5.99. The van der Waals surface area contributed by atoms with E-state index in [9.17, 15) is 9.59 Å². The second-order valence-corrected chi connectivity index (χ2v) is 5.99. The summed E-state index contributed by atoms with van der Waals surface area (Å²) in [5.41, 5.74) is 0.303. The smallest absolute Gasteiger partial charge is 0.227 e. The fraction of sp³-hybridized carbons (Fsp3) is 0.368. The first-order valence-corrected chi connectivity index (χ1v) is 8.27. The van der Waals surface area contributed by atoms with E-state index >= 15 is 0 Å². The molecule has 0 amide bonds. The lowest BCUT2D eigenvalue weighted by atomic mass is 10.1. The summed E-state index contributed by atoms with van der Waals surface area (Å²) in [6.07, 6.45) is 4.95. The molecule has 0 unspecified atom stereocenters. The summed E-state index contributed by atoms with van der Waals surface area (Å²) in [4.78, 5) is 26.4. The van der Waals surface area contributed by atoms with Gasteiger partial charge in [0.25, 0.3) is 0 Å². The molecule has 0 radical (unpaired) electrons. The molecule has 1 aromatic carbocycles. The normalized spacial score (nSPS) is 15.2. The monoisotopic (exact) mass is 327 g/mol. The zero-order valence-electron chi connectivity index (χ0n) is 13.6. The van der Waals surface area contributed by atoms with Gasteiger partial charge in [-0.3, -0.25) is 14.5 Å². The summed E-state index contributed by atoms with van der Waals surface area (Å²) in [6, 6.07) is 10.3. The first kappa shape index (κ1) is 16.5. The van der Waals surface area contributed by atoms with Crippen molar-refractivity contribution in [2.75, 3.05) is 19.7 Å². The summed E-state index contributed by atoms with van der Waals surface area (Å²) in [5, 5.41) is 0. The van der Waals surface area contributed by atoms with Crippen LogP contribution in [0.3, 0.4) is 0 Å². The topological polar surface area (TPSA) is 59.8 Å². The standard InChI is InChI=1S/C19H21NO4/c21-17-11-16(12-20-9-5-2-6-10-20)23-14-19(17)24-13-18(22)15-7-3-1-4-8-15/h1,3-4,7-8,11,14H,2,5-6,9-10,12-13H2. The van der Waals surface area contributed by atoms with E-state index in [1.165, 1.54) is 31.6 Å². The Labute approximate surface area is 140 Å². The largest absolute Gasteiger partial charge is 0.478 e. The van der Waals surface area contributed by atoms with Crippen molar-refractivity contribution in [1.29, 1.82) is 0 Å². The van der Waals surface area contributed by atoms with Crippen LogP contribution >= 0.6 is 0 Å². The van der Waals surface area contributed by atoms with Gasteiger partial charge < -0.3 is 9.15 Å². The average molecular weight is 327 g/mol. The number of ether oxygens (including phenoxy) is 1. The van der Waals surface area contributed by atoms with E-state index in [0.29, 0.717) is 17.9 Å². The van der Waals surface area contributed by atoms with Gasteiger partial charge in [-0.15, -0.1) is 0 Å². The van der Waals surface area contributed by atoms with Crippen LogP contribution in [0.15, 0.2) is 51.9 Å². The van der Waals surface area contributed by atoms with E-state index in [-0.39, 0.29) is 23.6 Å². The van der Waals surface area contributed by atoms with Crippen LogP contribution in [0.2, 0.25) is 0 Å². The van der Waals surface area contributed by atoms with Gasteiger partial charge in [0, 0.05) is 11.6 Å². The third-order valence-corrected chi connectivity index (χ3v) is 4.13. The summed E-state index contributed by atoms with van der Waals surface area (Å²) in [6.45, 7) is 2.53. The summed E-state index contributed by atoms with van der Waals surface area (Å²) in [5.74, 6) is 0.526. The van der Waals surface area contributed by atoms with Crippen molar-refractivity contribution in [2.45, 2.75) is 25.8 Å². The minimum Gasteiger partial charge on any atom is -0.478 e. The van der Waals surface area contributed by atoms with Crippen molar-refractivity contribution in [3.63, 3.8) is 0 Å². The van der Waals surface area contributed by atoms with Crippen LogP contribution in [0.5, 0.6) is 5.75 Å². The number of benzene rings is 1. The van der Waals surface area contributed by atoms with Crippen LogP contribution in [-0.2, 0) is 6.54 Å². The Kier molecular flexibility index (Phi) is 5.43. The molecular weight excluding hydrogens is 306 g/mol. The Balaban J connectivity index is 1.58. The number of piperidine rings is 1. The van der Waals surface area contributed by atoms with E-state index in [2.05, 4.69) is 4.90 Å². The number of hydrogen-bond acceptors (Lipinski definition) is 5. The Hall–Kier alpha value is -2.40. The van der Waals surface area contributed by atoms with Gasteiger partial charge in [0.05, 0.1) is 6.54 Å². The van der Waals surface area contributed by atoms with Gasteiger partial charge >= 0.3 is 0 Å². The molecule has 3 rings (SSSR count). The fourth-order valence-corrected chi connectivity index (χ4v) is 2.82. The van der Waals surface area contributed by atoms with E-state index < -0.39 is 0 Å². The third kappa shape index (κ3) is 4.32. The predicted molar refractivity (Wildman–Crippen MR) is 90.4 cm³/mol. The molecule has 0 spiro atoms. The summed E-state index contributed by atoms with van der Waals surface area (Å²) in [7, 11) is 0. The highest BCUT2D eigenvalue weighted by atomic mass is 16.5. The number of rotatable bonds is 6. The van der Waals surface area contributed by atoms with Crippen LogP contribution in [0, 0.1) is 0 Å². The molecule has 1 saturated heterocycles. The van der Waals surface area contributed by atoms with Crippen LogP contribution in [-0.4, -0.2) is 30.4 Å². The van der Waals surface area contributed by atoms with Crippen LogP contribution in [0.25, 0.3) is 0 Å². The fourth-order valence-electron chi connectivity index (χ4n) is 2.82. The minimum absolute atomic E-state index is 0.0710. The maximum absolute atomic E-state index is 12.1. The lowest BCUT2D eigenvalue weighted by Gasteiger charge is -2.25. The van der Waals surface area contributed by atoms with Crippen LogP contribution < -0.4 is 10.2 Å². The van der Waals surface area contributed by atoms with E-state index in [0.717, 1.165) is 13.1 Å². The molecule has 0 aliphatic carbocycles. The second kappa shape index (κ2) is 7.93. The highest BCUT2D eigenvalue weighted by molar-refractivity contribution is 5.97. The number of likely N-dealkylation sites (tertiary alicyclic amines) is 1. The molecule has 0 bridgehead atoms. The van der Waals surface area contributed by atoms with Gasteiger partial charge in [0.15, 0.2) is 12.4 Å². The Bertz CT molecular complexity index is 733. The quantitative estimate of drug-likeness (QED) is 0.764. The molecule has 24 heavy (non-hydrogen) atoms. The Morgan fingerprint density at radius 3 is 2.58 bits per heavy atom. The Morgan fingerprint density at radius 1 is 1.12 bits per heavy atom. The van der Waals surface area contributed by atoms with Gasteiger partial charge in [-0.1, -0.05) is 36.8 Å². The molecule has 2 aromatic rings. The molecular formula is C19H21NO4. The molecule has 1 aromatic heterocycles. The maximum atomic E-state index is 12.1. The van der Waals surface area contributed by atoms with E-state index in [4.69, 9.17) is 9.15 Å². The number of carbonyl (C=O) groups is 1. The lowest BCUT2D eigenvalue weighted by molar-refractivity contribution is 0.0919. The minimum atomic E-state index is -0.255. The van der Waals surface area contributed by atoms with Gasteiger partial charge in [0.1, 0.15) is 12.0 Å². The third-order valence-electron chi connectivity index (χ3n) is 4.13. The highest BCUT2D eigenvalue weighted by Crippen LogP contribution is 2.14. The lowest BCUT2D eigenvalue weighted by Crippen LogP contribution is -2.29. The van der Waals surface area contributed by atoms with Gasteiger partial charge in [-0.05, 0) is 25.9 Å². The molecule has 1 aliphatic heterocycles. The molecule has 0 N–H and O–H groups in total. The van der Waals surface area contributed by atoms with Crippen LogP contribution in [0.1, 0.15) is 35.4 Å². The van der Waals surface area contributed by atoms with Crippen LogP contribution in [0.4, 0.5) is 0 Å².